The molecule has 0 radical (unpaired) electrons. The lowest BCUT2D eigenvalue weighted by Gasteiger charge is -2.22. The third kappa shape index (κ3) is 9.26. The van der Waals surface area contributed by atoms with E-state index in [1.165, 1.54) is 19.1 Å². The summed E-state index contributed by atoms with van der Waals surface area (Å²) in [6, 6.07) is 11.8. The number of aryl methyl sites for hydroxylation is 2. The van der Waals surface area contributed by atoms with E-state index < -0.39 is 10.8 Å². The minimum Gasteiger partial charge on any atom is -0.323 e. The minimum absolute atomic E-state index is 0. The molecule has 2 amide bonds. The van der Waals surface area contributed by atoms with Gasteiger partial charge in [0.2, 0.25) is 0 Å². The number of amides is 2. The molecule has 11 nitrogen and oxygen atoms in total. The molecule has 2 aromatic rings. The number of nitro groups is 1. The van der Waals surface area contributed by atoms with Crippen LogP contribution in [0.15, 0.2) is 52.7 Å². The zero-order valence-electron chi connectivity index (χ0n) is 20.6. The van der Waals surface area contributed by atoms with Crippen LogP contribution in [-0.2, 0) is 9.59 Å². The number of halogens is 1. The SMILES string of the molecule is Br.CC(=N\NC(=O)C[N+](C)(C)C)/C(=N/Nc1ccc(C)cc1[N+](=O)[O-])C(=O)Nc1ccccc1C. The Kier molecular flexibility index (Phi) is 10.7. The Hall–Kier alpha value is -3.64. The van der Waals surface area contributed by atoms with Crippen LogP contribution in [0.2, 0.25) is 0 Å². The van der Waals surface area contributed by atoms with Crippen LogP contribution in [0.1, 0.15) is 18.1 Å². The number of hydrogen-bond donors (Lipinski definition) is 3. The van der Waals surface area contributed by atoms with Crippen molar-refractivity contribution in [2.24, 2.45) is 10.2 Å². The lowest BCUT2D eigenvalue weighted by molar-refractivity contribution is -0.862. The highest BCUT2D eigenvalue weighted by Crippen LogP contribution is 2.25. The van der Waals surface area contributed by atoms with Crippen molar-refractivity contribution in [1.82, 2.24) is 5.43 Å². The molecule has 12 heteroatoms. The predicted octanol–water partition coefficient (Wildman–Crippen LogP) is 3.39. The fourth-order valence-electron chi connectivity index (χ4n) is 2.86. The van der Waals surface area contributed by atoms with Gasteiger partial charge < -0.3 is 9.80 Å². The number of rotatable bonds is 9. The van der Waals surface area contributed by atoms with Gasteiger partial charge in [-0.2, -0.15) is 10.2 Å². The first-order chi connectivity index (χ1) is 15.9. The lowest BCUT2D eigenvalue weighted by atomic mass is 10.2. The molecule has 0 saturated carbocycles. The minimum atomic E-state index is -0.598. The molecule has 0 saturated heterocycles. The molecule has 0 aliphatic heterocycles. The monoisotopic (exact) mass is 548 g/mol. The first-order valence-corrected chi connectivity index (χ1v) is 10.5. The number of nitro benzene ring substituents is 1. The summed E-state index contributed by atoms with van der Waals surface area (Å²) < 4.78 is 0.397. The molecule has 0 heterocycles. The molecule has 2 aromatic carbocycles. The zero-order chi connectivity index (χ0) is 25.5. The molecule has 0 bridgehead atoms. The molecule has 35 heavy (non-hydrogen) atoms. The van der Waals surface area contributed by atoms with E-state index in [4.69, 9.17) is 0 Å². The maximum atomic E-state index is 13.1. The van der Waals surface area contributed by atoms with Crippen molar-refractivity contribution in [2.75, 3.05) is 38.4 Å². The highest BCUT2D eigenvalue weighted by molar-refractivity contribution is 8.93. The summed E-state index contributed by atoms with van der Waals surface area (Å²) in [4.78, 5) is 36.1. The Morgan fingerprint density at radius 1 is 1.03 bits per heavy atom. The van der Waals surface area contributed by atoms with Gasteiger partial charge in [0.15, 0.2) is 12.3 Å². The topological polar surface area (TPSA) is 138 Å². The van der Waals surface area contributed by atoms with Crippen LogP contribution >= 0.6 is 17.0 Å². The molecular formula is C23H31BrN7O4+. The smallest absolute Gasteiger partial charge is 0.295 e. The number of quaternary nitrogens is 1. The van der Waals surface area contributed by atoms with Crippen molar-refractivity contribution >= 4 is 57.3 Å². The number of hydrazone groups is 2. The van der Waals surface area contributed by atoms with Crippen LogP contribution in [-0.4, -0.2) is 60.3 Å². The molecule has 3 N–H and O–H groups in total. The molecule has 0 aromatic heterocycles. The summed E-state index contributed by atoms with van der Waals surface area (Å²) in [5.41, 5.74) is 7.02. The van der Waals surface area contributed by atoms with Gasteiger partial charge in [-0.3, -0.25) is 25.1 Å². The lowest BCUT2D eigenvalue weighted by Crippen LogP contribution is -2.43. The maximum absolute atomic E-state index is 13.1. The fourth-order valence-corrected chi connectivity index (χ4v) is 2.86. The second-order valence-electron chi connectivity index (χ2n) is 8.80. The van der Waals surface area contributed by atoms with Gasteiger partial charge in [-0.05, 0) is 44.0 Å². The van der Waals surface area contributed by atoms with Crippen molar-refractivity contribution in [2.45, 2.75) is 20.8 Å². The van der Waals surface area contributed by atoms with Crippen molar-refractivity contribution < 1.29 is 19.0 Å². The van der Waals surface area contributed by atoms with Gasteiger partial charge in [0.1, 0.15) is 5.69 Å². The number of nitrogens with zero attached hydrogens (tertiary/aromatic N) is 4. The van der Waals surface area contributed by atoms with Crippen LogP contribution in [0.3, 0.4) is 0 Å². The normalized spacial score (nSPS) is 11.8. The van der Waals surface area contributed by atoms with Crippen molar-refractivity contribution in [3.8, 4) is 0 Å². The molecule has 0 spiro atoms. The number of benzene rings is 2. The Balaban J connectivity index is 0.00000612. The van der Waals surface area contributed by atoms with Crippen LogP contribution in [0.25, 0.3) is 0 Å². The van der Waals surface area contributed by atoms with E-state index in [2.05, 4.69) is 26.4 Å². The molecule has 0 atom stereocenters. The van der Waals surface area contributed by atoms with Gasteiger partial charge in [0.25, 0.3) is 17.5 Å². The van der Waals surface area contributed by atoms with E-state index in [0.29, 0.717) is 15.7 Å². The number of anilines is 2. The molecule has 0 aliphatic rings. The van der Waals surface area contributed by atoms with Crippen molar-refractivity contribution in [1.29, 1.82) is 0 Å². The standard InChI is InChI=1S/C23H29N7O4.BrH/c1-15-11-12-19(20(13-15)29(33)34)26-28-22(17(3)25-27-21(31)14-30(4,5)6)23(32)24-18-10-8-7-9-16(18)2;/h7-13H,14H2,1-6H3,(H2-,24,25,26,27,28,31,32);1H/p+1. The fraction of sp³-hybridized carbons (Fsp3) is 0.304. The number of likely N-dealkylation sites (N-methyl/N-ethyl adjacent to an activating group) is 1. The average Bonchev–Trinajstić information content (AvgIpc) is 2.73. The van der Waals surface area contributed by atoms with E-state index >= 15 is 0 Å². The molecule has 0 aliphatic carbocycles. The number of carbonyl (C=O) groups excluding carboxylic acids is 2. The maximum Gasteiger partial charge on any atom is 0.295 e. The van der Waals surface area contributed by atoms with E-state index in [1.807, 2.05) is 40.2 Å². The van der Waals surface area contributed by atoms with Crippen molar-refractivity contribution in [3.05, 3.63) is 63.7 Å². The molecule has 2 rings (SSSR count). The summed E-state index contributed by atoms with van der Waals surface area (Å²) in [5, 5.41) is 22.3. The number of nitrogens with one attached hydrogen (secondary N) is 3. The first-order valence-electron chi connectivity index (χ1n) is 10.5. The van der Waals surface area contributed by atoms with E-state index in [-0.39, 0.29) is 52.2 Å². The van der Waals surface area contributed by atoms with E-state index in [0.717, 1.165) is 5.56 Å². The van der Waals surface area contributed by atoms with Crippen molar-refractivity contribution in [3.63, 3.8) is 0 Å². The first kappa shape index (κ1) is 29.4. The Labute approximate surface area is 214 Å². The Morgan fingerprint density at radius 2 is 1.69 bits per heavy atom. The van der Waals surface area contributed by atoms with Gasteiger partial charge in [-0.25, -0.2) is 5.43 Å². The summed E-state index contributed by atoms with van der Waals surface area (Å²) in [6.45, 7) is 5.25. The zero-order valence-corrected chi connectivity index (χ0v) is 22.3. The highest BCUT2D eigenvalue weighted by Gasteiger charge is 2.20. The summed E-state index contributed by atoms with van der Waals surface area (Å²) >= 11 is 0. The number of carbonyl (C=O) groups is 2. The number of para-hydroxylation sites is 1. The van der Waals surface area contributed by atoms with Gasteiger partial charge >= 0.3 is 0 Å². The summed E-state index contributed by atoms with van der Waals surface area (Å²) in [5.74, 6) is -0.939. The largest absolute Gasteiger partial charge is 0.323 e. The third-order valence-corrected chi connectivity index (χ3v) is 4.56. The van der Waals surface area contributed by atoms with Gasteiger partial charge in [-0.15, -0.1) is 17.0 Å². The Morgan fingerprint density at radius 3 is 2.29 bits per heavy atom. The third-order valence-electron chi connectivity index (χ3n) is 4.56. The Bertz CT molecular complexity index is 1160. The predicted molar refractivity (Wildman–Crippen MR) is 143 cm³/mol. The average molecular weight is 549 g/mol. The van der Waals surface area contributed by atoms with Gasteiger partial charge in [-0.1, -0.05) is 24.3 Å². The van der Waals surface area contributed by atoms with Gasteiger partial charge in [0.05, 0.1) is 31.8 Å². The summed E-state index contributed by atoms with van der Waals surface area (Å²) in [6.07, 6.45) is 0. The van der Waals surface area contributed by atoms with Gasteiger partial charge in [0, 0.05) is 11.8 Å². The van der Waals surface area contributed by atoms with E-state index in [9.17, 15) is 19.7 Å². The molecular weight excluding hydrogens is 518 g/mol. The van der Waals surface area contributed by atoms with Crippen LogP contribution < -0.4 is 16.2 Å². The number of hydrogen-bond acceptors (Lipinski definition) is 7. The second-order valence-corrected chi connectivity index (χ2v) is 8.80. The molecule has 188 valence electrons. The van der Waals surface area contributed by atoms with Crippen LogP contribution in [0.5, 0.6) is 0 Å². The molecule has 0 unspecified atom stereocenters. The van der Waals surface area contributed by atoms with Crippen LogP contribution in [0, 0.1) is 24.0 Å². The van der Waals surface area contributed by atoms with Crippen LogP contribution in [0.4, 0.5) is 17.1 Å². The van der Waals surface area contributed by atoms with E-state index in [1.54, 1.807) is 25.1 Å². The highest BCUT2D eigenvalue weighted by atomic mass is 79.9. The molecule has 0 fully saturated rings. The second kappa shape index (κ2) is 12.7. The quantitative estimate of drug-likeness (QED) is 0.191. The summed E-state index contributed by atoms with van der Waals surface area (Å²) in [7, 11) is 5.57.